The number of hydrogen-bond donors (Lipinski definition) is 1. The Morgan fingerprint density at radius 3 is 2.48 bits per heavy atom. The van der Waals surface area contributed by atoms with E-state index in [1.54, 1.807) is 27.7 Å². The van der Waals surface area contributed by atoms with E-state index in [0.717, 1.165) is 6.42 Å². The number of ketones is 1. The number of allylic oxidation sites excluding steroid dienone is 2. The summed E-state index contributed by atoms with van der Waals surface area (Å²) in [6.45, 7) is 6.43. The van der Waals surface area contributed by atoms with Crippen molar-refractivity contribution in [2.75, 3.05) is 6.54 Å². The Morgan fingerprint density at radius 1 is 1.09 bits per heavy atom. The molecule has 0 bridgehead atoms. The Bertz CT molecular complexity index is 2150. The molecule has 11 nitrogen and oxygen atoms in total. The highest BCUT2D eigenvalue weighted by molar-refractivity contribution is 7.91. The van der Waals surface area contributed by atoms with E-state index in [2.05, 4.69) is 9.71 Å². The predicted molar refractivity (Wildman–Crippen MR) is 211 cm³/mol. The zero-order valence-electron chi connectivity index (χ0n) is 32.6. The fraction of sp³-hybridized carbons (Fsp3) is 0.643. The van der Waals surface area contributed by atoms with E-state index in [-0.39, 0.29) is 57.2 Å². The van der Waals surface area contributed by atoms with E-state index in [1.807, 2.05) is 12.2 Å². The first kappa shape index (κ1) is 43.8. The number of Topliss-reactive ketones (excluding diaryl/α,β-unsaturated/α-hetero) is 1. The summed E-state index contributed by atoms with van der Waals surface area (Å²) in [7, 11) is -4.04. The summed E-state index contributed by atoms with van der Waals surface area (Å²) in [6, 6.07) is 3.16. The number of esters is 1. The van der Waals surface area contributed by atoms with Crippen molar-refractivity contribution in [3.63, 3.8) is 0 Å². The maximum atomic E-state index is 14.8. The fourth-order valence-electron chi connectivity index (χ4n) is 8.75. The molecular weight excluding hydrogens is 799 g/mol. The van der Waals surface area contributed by atoms with Gasteiger partial charge in [0.25, 0.3) is 0 Å². The Hall–Kier alpha value is -3.72. The molecule has 3 fully saturated rings. The third-order valence-corrected chi connectivity index (χ3v) is 14.8. The molecule has 58 heavy (non-hydrogen) atoms. The molecule has 2 saturated carbocycles. The van der Waals surface area contributed by atoms with Gasteiger partial charge in [-0.3, -0.25) is 23.9 Å². The highest BCUT2D eigenvalue weighted by Gasteiger charge is 2.63. The van der Waals surface area contributed by atoms with E-state index in [4.69, 9.17) is 21.1 Å². The van der Waals surface area contributed by atoms with Crippen LogP contribution in [0.5, 0.6) is 5.75 Å². The lowest BCUT2D eigenvalue weighted by Crippen LogP contribution is -2.48. The number of sulfonamides is 1. The maximum absolute atomic E-state index is 14.8. The summed E-state index contributed by atoms with van der Waals surface area (Å²) < 4.78 is 83.6. The SMILES string of the molecule is C.CC(C)(C)OC(=O)C[C@H]1CCCCC/C=C\[C@@H]2C[C@@]2(C(=O)NS(=O)(=O)C2(C)CC2)CC(=O)[C@@H]2C[C@]3(CCc4c(c(C(F)(F)F)nc5ccc(Cl)cc45)O3)CN2C1=O. The quantitative estimate of drug-likeness (QED) is 0.233. The van der Waals surface area contributed by atoms with E-state index >= 15 is 0 Å². The summed E-state index contributed by atoms with van der Waals surface area (Å²) in [5.41, 5.74) is -4.57. The smallest absolute Gasteiger partial charge is 0.437 e. The van der Waals surface area contributed by atoms with E-state index in [0.29, 0.717) is 48.9 Å². The second kappa shape index (κ2) is 15.4. The van der Waals surface area contributed by atoms with Crippen LogP contribution in [0.25, 0.3) is 10.9 Å². The first-order chi connectivity index (χ1) is 26.6. The minimum Gasteiger partial charge on any atom is -0.483 e. The van der Waals surface area contributed by atoms with Gasteiger partial charge in [0.2, 0.25) is 21.8 Å². The Morgan fingerprint density at radius 2 is 1.81 bits per heavy atom. The number of pyridine rings is 1. The molecule has 2 aromatic rings. The van der Waals surface area contributed by atoms with Crippen molar-refractivity contribution in [2.24, 2.45) is 17.3 Å². The number of aryl methyl sites for hydroxylation is 1. The predicted octanol–water partition coefficient (Wildman–Crippen LogP) is 8.04. The van der Waals surface area contributed by atoms with Crippen LogP contribution in [0.3, 0.4) is 0 Å². The number of hydrogen-bond acceptors (Lipinski definition) is 9. The van der Waals surface area contributed by atoms with Gasteiger partial charge in [0.05, 0.1) is 34.7 Å². The number of ether oxygens (including phenoxy) is 2. The van der Waals surface area contributed by atoms with Crippen molar-refractivity contribution >= 4 is 56.1 Å². The van der Waals surface area contributed by atoms with Gasteiger partial charge < -0.3 is 14.4 Å². The van der Waals surface area contributed by atoms with Gasteiger partial charge in [-0.1, -0.05) is 44.0 Å². The van der Waals surface area contributed by atoms with Gasteiger partial charge in [-0.2, -0.15) is 13.2 Å². The van der Waals surface area contributed by atoms with Crippen LogP contribution >= 0.6 is 11.6 Å². The monoisotopic (exact) mass is 851 g/mol. The summed E-state index contributed by atoms with van der Waals surface area (Å²) in [4.78, 5) is 61.9. The molecule has 1 saturated heterocycles. The molecule has 5 aliphatic rings. The molecule has 7 rings (SSSR count). The van der Waals surface area contributed by atoms with Crippen molar-refractivity contribution in [2.45, 2.75) is 147 Å². The average molecular weight is 852 g/mol. The Labute approximate surface area is 342 Å². The van der Waals surface area contributed by atoms with Crippen LogP contribution < -0.4 is 9.46 Å². The number of carbonyl (C=O) groups excluding carboxylic acids is 4. The average Bonchev–Trinajstić information content (AvgIpc) is 4.00. The molecule has 0 radical (unpaired) electrons. The van der Waals surface area contributed by atoms with Gasteiger partial charge in [-0.25, -0.2) is 13.4 Å². The summed E-state index contributed by atoms with van der Waals surface area (Å²) >= 11 is 6.26. The number of nitrogens with one attached hydrogen (secondary N) is 1. The van der Waals surface area contributed by atoms with Gasteiger partial charge in [0.15, 0.2) is 17.2 Å². The molecule has 5 atom stereocenters. The third kappa shape index (κ3) is 8.62. The van der Waals surface area contributed by atoms with E-state index < -0.39 is 96.9 Å². The molecular formula is C42H53ClF3N3O8S. The summed E-state index contributed by atoms with van der Waals surface area (Å²) in [5, 5.41) is 0.698. The highest BCUT2D eigenvalue weighted by atomic mass is 35.5. The maximum Gasteiger partial charge on any atom is 0.437 e. The molecule has 2 amide bonds. The van der Waals surface area contributed by atoms with Crippen LogP contribution in [0.2, 0.25) is 5.02 Å². The lowest BCUT2D eigenvalue weighted by atomic mass is 9.85. The number of nitrogens with zero attached hydrogens (tertiary/aromatic N) is 2. The van der Waals surface area contributed by atoms with E-state index in [1.165, 1.54) is 23.1 Å². The number of carbonyl (C=O) groups is 4. The molecule has 0 unspecified atom stereocenters. The normalized spacial score (nSPS) is 29.1. The third-order valence-electron chi connectivity index (χ3n) is 12.4. The van der Waals surface area contributed by atoms with Crippen molar-refractivity contribution in [3.05, 3.63) is 46.6 Å². The van der Waals surface area contributed by atoms with Crippen LogP contribution in [0, 0.1) is 17.3 Å². The van der Waals surface area contributed by atoms with Gasteiger partial charge in [0, 0.05) is 34.7 Å². The number of aromatic nitrogens is 1. The van der Waals surface area contributed by atoms with Crippen LogP contribution in [-0.2, 0) is 46.5 Å². The lowest BCUT2D eigenvalue weighted by molar-refractivity contribution is -0.159. The van der Waals surface area contributed by atoms with E-state index in [9.17, 15) is 40.8 Å². The van der Waals surface area contributed by atoms with Crippen LogP contribution in [0.1, 0.15) is 123 Å². The molecule has 4 heterocycles. The van der Waals surface area contributed by atoms with Gasteiger partial charge in [0.1, 0.15) is 11.2 Å². The standard InChI is InChI=1S/C41H49ClF3N3O8S.CH4/c1-37(2,3)55-32(50)18-24-10-8-6-5-7-9-11-25-20-40(25,36(52)47-57(53,54)38(4)16-17-38)22-31(49)30-21-39(23-48(30)35(24)51)15-14-27-28-19-26(42)12-13-29(28)46-34(33(27)56-39)41(43,44)45;/h9,11-13,19,24-25,30H,5-8,10,14-18,20-23H2,1-4H3,(H,47,52);1H4/b11-9-;/t24-,25-,30+,39-,40-;/m1./s1. The largest absolute Gasteiger partial charge is 0.483 e. The molecule has 16 heteroatoms. The first-order valence-corrected chi connectivity index (χ1v) is 21.6. The Balaban J connectivity index is 0.00000567. The molecule has 1 aromatic carbocycles. The second-order valence-electron chi connectivity index (χ2n) is 17.9. The number of amides is 2. The molecule has 1 N–H and O–H groups in total. The number of rotatable bonds is 5. The minimum atomic E-state index is -4.91. The number of fused-ring (bicyclic) bond motifs is 5. The van der Waals surface area contributed by atoms with Crippen molar-refractivity contribution in [1.82, 2.24) is 14.6 Å². The Kier molecular flexibility index (Phi) is 11.6. The zero-order chi connectivity index (χ0) is 41.3. The van der Waals surface area contributed by atoms with Gasteiger partial charge in [-0.05, 0) is 103 Å². The molecule has 3 aliphatic heterocycles. The van der Waals surface area contributed by atoms with Gasteiger partial charge >= 0.3 is 12.1 Å². The fourth-order valence-corrected chi connectivity index (χ4v) is 10.3. The molecule has 318 valence electrons. The van der Waals surface area contributed by atoms with Crippen molar-refractivity contribution < 1.29 is 50.2 Å². The summed E-state index contributed by atoms with van der Waals surface area (Å²) in [6.07, 6.45) is 2.26. The van der Waals surface area contributed by atoms with Crippen molar-refractivity contribution in [3.8, 4) is 5.75 Å². The number of alkyl halides is 3. The van der Waals surface area contributed by atoms with Gasteiger partial charge in [-0.15, -0.1) is 0 Å². The van der Waals surface area contributed by atoms with Crippen LogP contribution in [0.4, 0.5) is 13.2 Å². The molecule has 2 aliphatic carbocycles. The highest BCUT2D eigenvalue weighted by Crippen LogP contribution is 2.58. The molecule has 1 spiro atoms. The number of halogens is 4. The topological polar surface area (TPSA) is 149 Å². The second-order valence-corrected chi connectivity index (χ2v) is 20.6. The van der Waals surface area contributed by atoms with Crippen molar-refractivity contribution in [1.29, 1.82) is 0 Å². The lowest BCUT2D eigenvalue weighted by Gasteiger charge is -2.37. The van der Waals surface area contributed by atoms with Crippen LogP contribution in [0.15, 0.2) is 30.4 Å². The molecule has 1 aromatic heterocycles. The number of benzene rings is 1. The minimum absolute atomic E-state index is 0. The first-order valence-electron chi connectivity index (χ1n) is 19.7. The summed E-state index contributed by atoms with van der Waals surface area (Å²) in [5.74, 6) is -4.30. The zero-order valence-corrected chi connectivity index (χ0v) is 34.2. The van der Waals surface area contributed by atoms with Crippen LogP contribution in [-0.4, -0.2) is 70.4 Å².